The lowest BCUT2D eigenvalue weighted by Gasteiger charge is -2.08. The first-order valence-corrected chi connectivity index (χ1v) is 6.99. The molecule has 0 amide bonds. The Morgan fingerprint density at radius 2 is 2.10 bits per heavy atom. The van der Waals surface area contributed by atoms with E-state index >= 15 is 0 Å². The van der Waals surface area contributed by atoms with E-state index in [1.165, 1.54) is 12.1 Å². The maximum Gasteiger partial charge on any atom is 0.274 e. The van der Waals surface area contributed by atoms with Gasteiger partial charge >= 0.3 is 0 Å². The Labute approximate surface area is 129 Å². The number of nitro benzene ring substituents is 1. The van der Waals surface area contributed by atoms with Gasteiger partial charge in [-0.1, -0.05) is 15.9 Å². The molecule has 0 fully saturated rings. The molecule has 0 unspecified atom stereocenters. The lowest BCUT2D eigenvalue weighted by Crippen LogP contribution is -2.04. The highest BCUT2D eigenvalue weighted by Gasteiger charge is 2.11. The number of aryl methyl sites for hydroxylation is 1. The van der Waals surface area contributed by atoms with Gasteiger partial charge in [0.05, 0.1) is 11.0 Å². The number of benzene rings is 1. The van der Waals surface area contributed by atoms with Crippen molar-refractivity contribution in [3.8, 4) is 11.6 Å². The number of nitro groups is 1. The molecule has 0 aliphatic heterocycles. The lowest BCUT2D eigenvalue weighted by atomic mass is 10.3. The van der Waals surface area contributed by atoms with Crippen LogP contribution in [-0.4, -0.2) is 21.4 Å². The second kappa shape index (κ2) is 6.49. The summed E-state index contributed by atoms with van der Waals surface area (Å²) < 4.78 is 6.15. The van der Waals surface area contributed by atoms with E-state index in [2.05, 4.69) is 31.2 Å². The maximum absolute atomic E-state index is 10.8. The number of hydrogen-bond donors (Lipinski definition) is 1. The highest BCUT2D eigenvalue weighted by Crippen LogP contribution is 2.29. The van der Waals surface area contributed by atoms with Crippen LogP contribution in [0.1, 0.15) is 12.6 Å². The fourth-order valence-electron chi connectivity index (χ4n) is 1.66. The number of rotatable bonds is 5. The van der Waals surface area contributed by atoms with E-state index in [1.54, 1.807) is 12.1 Å². The van der Waals surface area contributed by atoms with Gasteiger partial charge in [0.15, 0.2) is 0 Å². The molecule has 1 heterocycles. The molecule has 1 aromatic heterocycles. The number of aromatic nitrogens is 2. The summed E-state index contributed by atoms with van der Waals surface area (Å²) in [7, 11) is 0. The zero-order chi connectivity index (χ0) is 15.4. The Bertz CT molecular complexity index is 678. The van der Waals surface area contributed by atoms with Crippen molar-refractivity contribution in [3.63, 3.8) is 0 Å². The number of hydrogen-bond acceptors (Lipinski definition) is 6. The van der Waals surface area contributed by atoms with E-state index < -0.39 is 4.92 Å². The van der Waals surface area contributed by atoms with Gasteiger partial charge in [-0.2, -0.15) is 4.98 Å². The van der Waals surface area contributed by atoms with Gasteiger partial charge in [0.1, 0.15) is 5.75 Å². The average molecular weight is 353 g/mol. The van der Waals surface area contributed by atoms with Crippen LogP contribution in [0.25, 0.3) is 0 Å². The Hall–Kier alpha value is -2.22. The van der Waals surface area contributed by atoms with E-state index in [-0.39, 0.29) is 5.69 Å². The van der Waals surface area contributed by atoms with E-state index in [1.807, 2.05) is 13.8 Å². The predicted molar refractivity (Wildman–Crippen MR) is 81.8 cm³/mol. The fourth-order valence-corrected chi connectivity index (χ4v) is 2.12. The number of halogens is 1. The first-order valence-electron chi connectivity index (χ1n) is 6.20. The van der Waals surface area contributed by atoms with Crippen LogP contribution in [0.2, 0.25) is 0 Å². The molecule has 0 aliphatic rings. The Balaban J connectivity index is 2.31. The maximum atomic E-state index is 10.8. The summed E-state index contributed by atoms with van der Waals surface area (Å²) in [4.78, 5) is 18.8. The molecule has 0 bridgehead atoms. The van der Waals surface area contributed by atoms with E-state index in [0.29, 0.717) is 28.6 Å². The van der Waals surface area contributed by atoms with Gasteiger partial charge in [-0.05, 0) is 19.9 Å². The summed E-state index contributed by atoms with van der Waals surface area (Å²) in [6.07, 6.45) is 0. The average Bonchev–Trinajstić information content (AvgIpc) is 2.37. The van der Waals surface area contributed by atoms with E-state index in [0.717, 1.165) is 5.69 Å². The molecule has 1 aromatic carbocycles. The van der Waals surface area contributed by atoms with Crippen LogP contribution in [0.3, 0.4) is 0 Å². The second-order valence-electron chi connectivity index (χ2n) is 4.21. The minimum atomic E-state index is -0.479. The molecule has 0 aliphatic carbocycles. The van der Waals surface area contributed by atoms with Gasteiger partial charge in [-0.3, -0.25) is 10.1 Å². The summed E-state index contributed by atoms with van der Waals surface area (Å²) in [6, 6.07) is 6.04. The van der Waals surface area contributed by atoms with Gasteiger partial charge in [0, 0.05) is 28.8 Å². The third kappa shape index (κ3) is 4.12. The Morgan fingerprint density at radius 3 is 2.76 bits per heavy atom. The van der Waals surface area contributed by atoms with Crippen LogP contribution < -0.4 is 10.1 Å². The highest BCUT2D eigenvalue weighted by molar-refractivity contribution is 9.10. The van der Waals surface area contributed by atoms with Crippen LogP contribution in [0, 0.1) is 17.0 Å². The largest absolute Gasteiger partial charge is 0.439 e. The molecule has 0 atom stereocenters. The molecule has 2 aromatic rings. The van der Waals surface area contributed by atoms with Crippen molar-refractivity contribution < 1.29 is 9.66 Å². The Morgan fingerprint density at radius 1 is 1.33 bits per heavy atom. The molecule has 0 spiro atoms. The standard InChI is InChI=1S/C13H13BrN4O3/c1-3-15-13-16-8(2)4-12(17-13)21-11-6-9(14)5-10(7-11)18(19)20/h4-7H,3H2,1-2H3,(H,15,16,17). The van der Waals surface area contributed by atoms with Crippen LogP contribution in [0.15, 0.2) is 28.7 Å². The molecular weight excluding hydrogens is 340 g/mol. The molecule has 7 nitrogen and oxygen atoms in total. The van der Waals surface area contributed by atoms with Crippen LogP contribution in [0.4, 0.5) is 11.6 Å². The van der Waals surface area contributed by atoms with E-state index in [9.17, 15) is 10.1 Å². The first kappa shape index (κ1) is 15.2. The predicted octanol–water partition coefficient (Wildman–Crippen LogP) is 3.68. The molecular formula is C13H13BrN4O3. The molecule has 8 heteroatoms. The smallest absolute Gasteiger partial charge is 0.274 e. The van der Waals surface area contributed by atoms with Crippen LogP contribution in [0.5, 0.6) is 11.6 Å². The van der Waals surface area contributed by atoms with Crippen LogP contribution in [-0.2, 0) is 0 Å². The zero-order valence-electron chi connectivity index (χ0n) is 11.5. The molecule has 2 rings (SSSR count). The van der Waals surface area contributed by atoms with Crippen molar-refractivity contribution in [2.75, 3.05) is 11.9 Å². The van der Waals surface area contributed by atoms with Crippen LogP contribution >= 0.6 is 15.9 Å². The lowest BCUT2D eigenvalue weighted by molar-refractivity contribution is -0.385. The van der Waals surface area contributed by atoms with Gasteiger partial charge in [-0.15, -0.1) is 0 Å². The summed E-state index contributed by atoms with van der Waals surface area (Å²) in [5.41, 5.74) is 0.678. The molecule has 0 saturated carbocycles. The molecule has 110 valence electrons. The second-order valence-corrected chi connectivity index (χ2v) is 5.12. The summed E-state index contributed by atoms with van der Waals surface area (Å²) >= 11 is 3.22. The molecule has 0 saturated heterocycles. The number of ether oxygens (including phenoxy) is 1. The van der Waals surface area contributed by atoms with Gasteiger partial charge < -0.3 is 10.1 Å². The third-order valence-electron chi connectivity index (χ3n) is 2.45. The fraction of sp³-hybridized carbons (Fsp3) is 0.231. The highest BCUT2D eigenvalue weighted by atomic mass is 79.9. The topological polar surface area (TPSA) is 90.2 Å². The number of nitrogens with one attached hydrogen (secondary N) is 1. The number of anilines is 1. The van der Waals surface area contributed by atoms with Crippen molar-refractivity contribution in [1.29, 1.82) is 0 Å². The van der Waals surface area contributed by atoms with Gasteiger partial charge in [0.25, 0.3) is 5.69 Å². The molecule has 21 heavy (non-hydrogen) atoms. The van der Waals surface area contributed by atoms with Crippen molar-refractivity contribution in [2.24, 2.45) is 0 Å². The Kier molecular flexibility index (Phi) is 4.69. The SMILES string of the molecule is CCNc1nc(C)cc(Oc2cc(Br)cc([N+](=O)[O-])c2)n1. The number of nitrogens with zero attached hydrogens (tertiary/aromatic N) is 3. The van der Waals surface area contributed by atoms with Crippen molar-refractivity contribution in [3.05, 3.63) is 44.5 Å². The number of non-ortho nitro benzene ring substituents is 1. The van der Waals surface area contributed by atoms with Crippen molar-refractivity contribution >= 4 is 27.6 Å². The monoisotopic (exact) mass is 352 g/mol. The minimum Gasteiger partial charge on any atom is -0.439 e. The third-order valence-corrected chi connectivity index (χ3v) is 2.91. The van der Waals surface area contributed by atoms with Gasteiger partial charge in [0.2, 0.25) is 11.8 Å². The normalized spacial score (nSPS) is 10.2. The zero-order valence-corrected chi connectivity index (χ0v) is 13.0. The van der Waals surface area contributed by atoms with Crippen molar-refractivity contribution in [2.45, 2.75) is 13.8 Å². The first-order chi connectivity index (χ1) is 9.97. The van der Waals surface area contributed by atoms with Crippen molar-refractivity contribution in [1.82, 2.24) is 9.97 Å². The summed E-state index contributed by atoms with van der Waals surface area (Å²) in [6.45, 7) is 4.44. The van der Waals surface area contributed by atoms with E-state index in [4.69, 9.17) is 4.74 Å². The quantitative estimate of drug-likeness (QED) is 0.651. The summed E-state index contributed by atoms with van der Waals surface area (Å²) in [5, 5.41) is 13.8. The molecule has 1 N–H and O–H groups in total. The molecule has 0 radical (unpaired) electrons. The van der Waals surface area contributed by atoms with Gasteiger partial charge in [-0.25, -0.2) is 4.98 Å². The minimum absolute atomic E-state index is 0.0583. The summed E-state index contributed by atoms with van der Waals surface area (Å²) in [5.74, 6) is 1.11.